The minimum atomic E-state index is -0.605. The molecule has 1 saturated heterocycles. The van der Waals surface area contributed by atoms with Crippen molar-refractivity contribution in [2.75, 3.05) is 38.5 Å². The number of nitrogens with one attached hydrogen (secondary N) is 1. The van der Waals surface area contributed by atoms with Crippen LogP contribution in [0.1, 0.15) is 61.4 Å². The number of primary amides is 1. The van der Waals surface area contributed by atoms with Gasteiger partial charge in [0.2, 0.25) is 0 Å². The summed E-state index contributed by atoms with van der Waals surface area (Å²) in [4.78, 5) is 33.5. The van der Waals surface area contributed by atoms with Crippen molar-refractivity contribution in [2.24, 2.45) is 12.8 Å². The number of hydrogen-bond acceptors (Lipinski definition) is 5. The molecule has 0 bridgehead atoms. The molecule has 2 amide bonds. The molecule has 1 unspecified atom stereocenters. The third kappa shape index (κ3) is 5.15. The van der Waals surface area contributed by atoms with Crippen LogP contribution in [0, 0.1) is 18.8 Å². The Bertz CT molecular complexity index is 1420. The van der Waals surface area contributed by atoms with Crippen LogP contribution in [0.2, 0.25) is 0 Å². The van der Waals surface area contributed by atoms with Crippen molar-refractivity contribution in [2.45, 2.75) is 25.8 Å². The van der Waals surface area contributed by atoms with Gasteiger partial charge in [0.1, 0.15) is 5.69 Å². The van der Waals surface area contributed by atoms with Crippen molar-refractivity contribution < 1.29 is 9.59 Å². The van der Waals surface area contributed by atoms with Crippen LogP contribution in [0.25, 0.3) is 0 Å². The average Bonchev–Trinajstić information content (AvgIpc) is 3.47. The lowest BCUT2D eigenvalue weighted by atomic mass is 10.0. The minimum Gasteiger partial charge on any atom is -0.363 e. The van der Waals surface area contributed by atoms with Gasteiger partial charge in [0.25, 0.3) is 11.8 Å². The van der Waals surface area contributed by atoms with E-state index in [1.807, 2.05) is 25.1 Å². The van der Waals surface area contributed by atoms with Crippen molar-refractivity contribution in [1.82, 2.24) is 19.4 Å². The van der Waals surface area contributed by atoms with Crippen molar-refractivity contribution in [3.63, 3.8) is 0 Å². The lowest BCUT2D eigenvalue weighted by Crippen LogP contribution is -2.45. The summed E-state index contributed by atoms with van der Waals surface area (Å²) in [5.41, 5.74) is 11.6. The third-order valence-electron chi connectivity index (χ3n) is 7.46. The van der Waals surface area contributed by atoms with Crippen LogP contribution in [0.3, 0.4) is 0 Å². The summed E-state index contributed by atoms with van der Waals surface area (Å²) < 4.78 is 1.56. The molecule has 1 aromatic heterocycles. The first-order valence-electron chi connectivity index (χ1n) is 12.6. The Labute approximate surface area is 217 Å². The number of aryl methyl sites for hydroxylation is 2. The van der Waals surface area contributed by atoms with Gasteiger partial charge in [-0.25, -0.2) is 4.98 Å². The van der Waals surface area contributed by atoms with Crippen LogP contribution in [0.4, 0.5) is 5.69 Å². The molecule has 5 rings (SSSR count). The maximum Gasteiger partial charge on any atom is 0.284 e. The summed E-state index contributed by atoms with van der Waals surface area (Å²) in [6.07, 6.45) is 3.68. The van der Waals surface area contributed by atoms with Crippen molar-refractivity contribution in [1.29, 1.82) is 0 Å². The van der Waals surface area contributed by atoms with Gasteiger partial charge < -0.3 is 20.5 Å². The normalized spacial score (nSPS) is 17.6. The highest BCUT2D eigenvalue weighted by atomic mass is 16.2. The molecule has 0 saturated carbocycles. The second-order valence-corrected chi connectivity index (χ2v) is 9.93. The molecule has 8 heteroatoms. The van der Waals surface area contributed by atoms with Gasteiger partial charge in [0.15, 0.2) is 5.82 Å². The van der Waals surface area contributed by atoms with Crippen molar-refractivity contribution in [3.05, 3.63) is 81.9 Å². The predicted molar refractivity (Wildman–Crippen MR) is 143 cm³/mol. The Morgan fingerprint density at radius 2 is 1.84 bits per heavy atom. The average molecular weight is 497 g/mol. The summed E-state index contributed by atoms with van der Waals surface area (Å²) in [5, 5.41) is 3.06. The zero-order chi connectivity index (χ0) is 26.1. The Balaban J connectivity index is 1.30. The predicted octanol–water partition coefficient (Wildman–Crippen LogP) is 2.71. The SMILES string of the molecule is Cc1ccc(C(=O)Nc2ccc3c(c2)CCC3N2CCN(C)CC2)cc1C#Cc1cnc(C(N)=O)n1C. The maximum absolute atomic E-state index is 13.1. The molecule has 2 aromatic carbocycles. The van der Waals surface area contributed by atoms with E-state index >= 15 is 0 Å². The number of likely N-dealkylation sites (N-methyl/N-ethyl adjacent to an activating group) is 1. The quantitative estimate of drug-likeness (QED) is 0.542. The molecule has 1 aliphatic heterocycles. The second kappa shape index (κ2) is 10.2. The molecular weight excluding hydrogens is 464 g/mol. The number of imidazole rings is 1. The summed E-state index contributed by atoms with van der Waals surface area (Å²) >= 11 is 0. The molecular formula is C29H32N6O2. The van der Waals surface area contributed by atoms with E-state index in [0.29, 0.717) is 17.3 Å². The van der Waals surface area contributed by atoms with Crippen LogP contribution >= 0.6 is 0 Å². The van der Waals surface area contributed by atoms with E-state index in [0.717, 1.165) is 55.8 Å². The Morgan fingerprint density at radius 1 is 1.05 bits per heavy atom. The zero-order valence-electron chi connectivity index (χ0n) is 21.5. The Hall–Kier alpha value is -3.93. The van der Waals surface area contributed by atoms with Gasteiger partial charge in [-0.05, 0) is 73.7 Å². The number of rotatable bonds is 4. The molecule has 0 spiro atoms. The standard InChI is InChI=1S/C29H32N6O2/c1-19-4-5-22(16-20(19)6-9-24-18-31-28(27(30)36)34(24)3)29(37)32-23-8-10-25-21(17-23)7-11-26(25)35-14-12-33(2)13-15-35/h4-5,8,10,16-18,26H,7,11-15H2,1-3H3,(H2,30,36)(H,32,37). The van der Waals surface area contributed by atoms with Gasteiger partial charge in [-0.3, -0.25) is 14.5 Å². The van der Waals surface area contributed by atoms with E-state index in [1.54, 1.807) is 17.7 Å². The fraction of sp³-hybridized carbons (Fsp3) is 0.345. The van der Waals surface area contributed by atoms with Gasteiger partial charge in [-0.15, -0.1) is 0 Å². The molecule has 1 aliphatic carbocycles. The monoisotopic (exact) mass is 496 g/mol. The molecule has 3 N–H and O–H groups in total. The molecule has 3 aromatic rings. The van der Waals surface area contributed by atoms with Crippen molar-refractivity contribution >= 4 is 17.5 Å². The number of carbonyl (C=O) groups excluding carboxylic acids is 2. The number of nitrogens with two attached hydrogens (primary N) is 1. The fourth-order valence-corrected chi connectivity index (χ4v) is 5.17. The van der Waals surface area contributed by atoms with Crippen LogP contribution in [-0.4, -0.2) is 64.4 Å². The van der Waals surface area contributed by atoms with Gasteiger partial charge in [0.05, 0.1) is 6.20 Å². The molecule has 190 valence electrons. The van der Waals surface area contributed by atoms with E-state index < -0.39 is 5.91 Å². The summed E-state index contributed by atoms with van der Waals surface area (Å²) in [7, 11) is 3.87. The number of carbonyl (C=O) groups is 2. The summed E-state index contributed by atoms with van der Waals surface area (Å²) in [6.45, 7) is 6.37. The van der Waals surface area contributed by atoms with E-state index in [-0.39, 0.29) is 11.7 Å². The Morgan fingerprint density at radius 3 is 2.57 bits per heavy atom. The number of aromatic nitrogens is 2. The fourth-order valence-electron chi connectivity index (χ4n) is 5.17. The van der Waals surface area contributed by atoms with Crippen LogP contribution in [-0.2, 0) is 13.5 Å². The third-order valence-corrected chi connectivity index (χ3v) is 7.46. The first kappa shape index (κ1) is 24.8. The first-order chi connectivity index (χ1) is 17.8. The number of hydrogen-bond donors (Lipinski definition) is 2. The molecule has 2 heterocycles. The highest BCUT2D eigenvalue weighted by molar-refractivity contribution is 6.04. The van der Waals surface area contributed by atoms with Gasteiger partial charge in [-0.1, -0.05) is 18.1 Å². The van der Waals surface area contributed by atoms with Gasteiger partial charge in [-0.2, -0.15) is 0 Å². The molecule has 1 atom stereocenters. The largest absolute Gasteiger partial charge is 0.363 e. The van der Waals surface area contributed by atoms with Crippen LogP contribution < -0.4 is 11.1 Å². The van der Waals surface area contributed by atoms with E-state index in [1.165, 1.54) is 17.3 Å². The topological polar surface area (TPSA) is 96.5 Å². The lowest BCUT2D eigenvalue weighted by molar-refractivity contribution is 0.0985. The number of anilines is 1. The molecule has 2 aliphatic rings. The molecule has 1 fully saturated rings. The maximum atomic E-state index is 13.1. The van der Waals surface area contributed by atoms with Gasteiger partial charge in [0, 0.05) is 56.1 Å². The summed E-state index contributed by atoms with van der Waals surface area (Å²) in [6, 6.07) is 12.3. The second-order valence-electron chi connectivity index (χ2n) is 9.93. The lowest BCUT2D eigenvalue weighted by Gasteiger charge is -2.36. The zero-order valence-corrected chi connectivity index (χ0v) is 21.5. The van der Waals surface area contributed by atoms with E-state index in [4.69, 9.17) is 5.73 Å². The highest BCUT2D eigenvalue weighted by Gasteiger charge is 2.29. The van der Waals surface area contributed by atoms with E-state index in [2.05, 4.69) is 51.1 Å². The van der Waals surface area contributed by atoms with Crippen molar-refractivity contribution in [3.8, 4) is 11.8 Å². The highest BCUT2D eigenvalue weighted by Crippen LogP contribution is 2.37. The number of nitrogens with zero attached hydrogens (tertiary/aromatic N) is 4. The Kier molecular flexibility index (Phi) is 6.83. The number of benzene rings is 2. The minimum absolute atomic E-state index is 0.151. The molecule has 0 radical (unpaired) electrons. The van der Waals surface area contributed by atoms with Gasteiger partial charge >= 0.3 is 0 Å². The number of fused-ring (bicyclic) bond motifs is 1. The number of piperazine rings is 1. The molecule has 8 nitrogen and oxygen atoms in total. The number of amides is 2. The van der Waals surface area contributed by atoms with Crippen LogP contribution in [0.5, 0.6) is 0 Å². The smallest absolute Gasteiger partial charge is 0.284 e. The molecule has 37 heavy (non-hydrogen) atoms. The van der Waals surface area contributed by atoms with E-state index in [9.17, 15) is 9.59 Å². The first-order valence-corrected chi connectivity index (χ1v) is 12.6. The summed E-state index contributed by atoms with van der Waals surface area (Å²) in [5.74, 6) is 5.50. The van der Waals surface area contributed by atoms with Crippen LogP contribution in [0.15, 0.2) is 42.6 Å².